The van der Waals surface area contributed by atoms with Gasteiger partial charge in [-0.25, -0.2) is 0 Å². The van der Waals surface area contributed by atoms with Crippen LogP contribution >= 0.6 is 0 Å². The van der Waals surface area contributed by atoms with Crippen LogP contribution in [0.4, 0.5) is 0 Å². The highest BCUT2D eigenvalue weighted by Gasteiger charge is 2.24. The Morgan fingerprint density at radius 3 is 1.49 bits per heavy atom. The molecule has 2 aromatic rings. The van der Waals surface area contributed by atoms with Gasteiger partial charge in [-0.3, -0.25) is 9.59 Å². The molecule has 2 fully saturated rings. The summed E-state index contributed by atoms with van der Waals surface area (Å²) in [4.78, 5) is 25.2. The summed E-state index contributed by atoms with van der Waals surface area (Å²) in [5, 5.41) is 0. The highest BCUT2D eigenvalue weighted by Crippen LogP contribution is 2.39. The van der Waals surface area contributed by atoms with Gasteiger partial charge in [0, 0.05) is 0 Å². The molecule has 1 atom stereocenters. The van der Waals surface area contributed by atoms with Crippen molar-refractivity contribution in [2.24, 2.45) is 17.8 Å². The van der Waals surface area contributed by atoms with Crippen LogP contribution in [0.15, 0.2) is 48.5 Å². The van der Waals surface area contributed by atoms with Crippen molar-refractivity contribution in [2.45, 2.75) is 116 Å². The van der Waals surface area contributed by atoms with Gasteiger partial charge in [-0.05, 0) is 110 Å². The summed E-state index contributed by atoms with van der Waals surface area (Å²) < 4.78 is 11.1. The van der Waals surface area contributed by atoms with Gasteiger partial charge < -0.3 is 9.47 Å². The topological polar surface area (TPSA) is 52.6 Å². The number of hydrogen-bond acceptors (Lipinski definition) is 4. The van der Waals surface area contributed by atoms with Gasteiger partial charge in [-0.1, -0.05) is 70.7 Å². The zero-order chi connectivity index (χ0) is 27.6. The van der Waals surface area contributed by atoms with Crippen molar-refractivity contribution < 1.29 is 19.1 Å². The minimum Gasteiger partial charge on any atom is -0.427 e. The van der Waals surface area contributed by atoms with Gasteiger partial charge in [0.05, 0.1) is 12.3 Å². The largest absolute Gasteiger partial charge is 0.427 e. The van der Waals surface area contributed by atoms with E-state index in [-0.39, 0.29) is 6.42 Å². The van der Waals surface area contributed by atoms with E-state index in [1.807, 2.05) is 24.3 Å². The van der Waals surface area contributed by atoms with Crippen LogP contribution in [-0.2, 0) is 9.59 Å². The SMILES string of the molecule is CCCC1CCC(c2ccc(OC(=O)CC(C)C(=O)Oc3ccc(C4CCC(CCC)CC4)cc3)cc2)CC1. The van der Waals surface area contributed by atoms with Gasteiger partial charge >= 0.3 is 11.9 Å². The van der Waals surface area contributed by atoms with Crippen molar-refractivity contribution in [3.8, 4) is 11.5 Å². The molecule has 2 aliphatic rings. The Morgan fingerprint density at radius 2 is 1.08 bits per heavy atom. The molecule has 0 bridgehead atoms. The third-order valence-corrected chi connectivity index (χ3v) is 9.12. The van der Waals surface area contributed by atoms with E-state index in [2.05, 4.69) is 38.1 Å². The van der Waals surface area contributed by atoms with Crippen LogP contribution in [-0.4, -0.2) is 11.9 Å². The molecular weight excluding hydrogens is 484 g/mol. The molecule has 212 valence electrons. The first-order chi connectivity index (χ1) is 18.9. The fourth-order valence-electron chi connectivity index (χ4n) is 6.72. The van der Waals surface area contributed by atoms with E-state index in [9.17, 15) is 9.59 Å². The summed E-state index contributed by atoms with van der Waals surface area (Å²) in [6, 6.07) is 15.9. The third kappa shape index (κ3) is 8.68. The lowest BCUT2D eigenvalue weighted by atomic mass is 9.77. The molecule has 0 radical (unpaired) electrons. The van der Waals surface area contributed by atoms with E-state index in [1.54, 1.807) is 6.92 Å². The van der Waals surface area contributed by atoms with Gasteiger partial charge in [0.25, 0.3) is 0 Å². The van der Waals surface area contributed by atoms with Gasteiger partial charge in [-0.15, -0.1) is 0 Å². The van der Waals surface area contributed by atoms with Crippen LogP contribution < -0.4 is 9.47 Å². The third-order valence-electron chi connectivity index (χ3n) is 9.12. The Hall–Kier alpha value is -2.62. The number of carbonyl (C=O) groups excluding carboxylic acids is 2. The molecule has 2 saturated carbocycles. The lowest BCUT2D eigenvalue weighted by molar-refractivity contribution is -0.144. The Balaban J connectivity index is 1.19. The van der Waals surface area contributed by atoms with Crippen LogP contribution in [0.25, 0.3) is 0 Å². The molecule has 0 aliphatic heterocycles. The minimum atomic E-state index is -0.580. The predicted octanol–water partition coefficient (Wildman–Crippen LogP) is 9.37. The van der Waals surface area contributed by atoms with Gasteiger partial charge in [-0.2, -0.15) is 0 Å². The average Bonchev–Trinajstić information content (AvgIpc) is 2.95. The Morgan fingerprint density at radius 1 is 0.667 bits per heavy atom. The summed E-state index contributed by atoms with van der Waals surface area (Å²) >= 11 is 0. The first-order valence-corrected chi connectivity index (χ1v) is 15.6. The standard InChI is InChI=1S/C35H48O4/c1-4-6-26-8-12-28(13-9-26)30-16-20-32(21-17-30)38-34(36)24-25(3)35(37)39-33-22-18-31(19-23-33)29-14-10-27(7-5-2)11-15-29/h16-23,25-29H,4-15,24H2,1-3H3. The smallest absolute Gasteiger partial charge is 0.314 e. The van der Waals surface area contributed by atoms with E-state index in [0.29, 0.717) is 23.3 Å². The second-order valence-corrected chi connectivity index (χ2v) is 12.2. The second-order valence-electron chi connectivity index (χ2n) is 12.2. The van der Waals surface area contributed by atoms with Crippen LogP contribution in [0.3, 0.4) is 0 Å². The molecule has 0 heterocycles. The Kier molecular flexibility index (Phi) is 11.1. The molecule has 0 amide bonds. The fraction of sp³-hybridized carbons (Fsp3) is 0.600. The van der Waals surface area contributed by atoms with Crippen molar-refractivity contribution in [2.75, 3.05) is 0 Å². The summed E-state index contributed by atoms with van der Waals surface area (Å²) in [5.74, 6) is 2.64. The number of rotatable bonds is 11. The van der Waals surface area contributed by atoms with Gasteiger partial charge in [0.2, 0.25) is 0 Å². The molecule has 2 aliphatic carbocycles. The lowest BCUT2D eigenvalue weighted by Crippen LogP contribution is -2.23. The molecule has 2 aromatic carbocycles. The Bertz CT molecular complexity index is 1030. The maximum absolute atomic E-state index is 12.6. The first kappa shape index (κ1) is 29.4. The maximum atomic E-state index is 12.6. The first-order valence-electron chi connectivity index (χ1n) is 15.6. The van der Waals surface area contributed by atoms with Crippen LogP contribution in [0.1, 0.15) is 127 Å². The number of benzene rings is 2. The monoisotopic (exact) mass is 532 g/mol. The van der Waals surface area contributed by atoms with E-state index in [4.69, 9.17) is 9.47 Å². The van der Waals surface area contributed by atoms with Crippen molar-refractivity contribution in [1.82, 2.24) is 0 Å². The second kappa shape index (κ2) is 14.7. The molecule has 1 unspecified atom stereocenters. The van der Waals surface area contributed by atoms with Crippen LogP contribution in [0.2, 0.25) is 0 Å². The van der Waals surface area contributed by atoms with Crippen molar-refractivity contribution in [3.05, 3.63) is 59.7 Å². The number of esters is 2. The zero-order valence-corrected chi connectivity index (χ0v) is 24.3. The van der Waals surface area contributed by atoms with Gasteiger partial charge in [0.15, 0.2) is 0 Å². The molecule has 0 saturated heterocycles. The van der Waals surface area contributed by atoms with Crippen molar-refractivity contribution in [1.29, 1.82) is 0 Å². The fourth-order valence-corrected chi connectivity index (χ4v) is 6.72. The lowest BCUT2D eigenvalue weighted by Gasteiger charge is -2.28. The average molecular weight is 533 g/mol. The molecule has 4 heteroatoms. The highest BCUT2D eigenvalue weighted by atomic mass is 16.5. The predicted molar refractivity (Wildman–Crippen MR) is 157 cm³/mol. The molecule has 0 N–H and O–H groups in total. The number of hydrogen-bond donors (Lipinski definition) is 0. The molecule has 0 aromatic heterocycles. The summed E-state index contributed by atoms with van der Waals surface area (Å²) in [6.45, 7) is 6.26. The number of ether oxygens (including phenoxy) is 2. The molecule has 39 heavy (non-hydrogen) atoms. The normalized spacial score (nSPS) is 24.1. The molecule has 0 spiro atoms. The minimum absolute atomic E-state index is 0.0128. The molecule has 4 rings (SSSR count). The summed E-state index contributed by atoms with van der Waals surface area (Å²) in [6.07, 6.45) is 15.5. The van der Waals surface area contributed by atoms with Gasteiger partial charge in [0.1, 0.15) is 11.5 Å². The summed E-state index contributed by atoms with van der Waals surface area (Å²) in [5.41, 5.74) is 2.66. The maximum Gasteiger partial charge on any atom is 0.314 e. The molecular formula is C35H48O4. The zero-order valence-electron chi connectivity index (χ0n) is 24.3. The van der Waals surface area contributed by atoms with Crippen LogP contribution in [0, 0.1) is 17.8 Å². The van der Waals surface area contributed by atoms with E-state index >= 15 is 0 Å². The van der Waals surface area contributed by atoms with Crippen molar-refractivity contribution in [3.63, 3.8) is 0 Å². The molecule has 4 nitrogen and oxygen atoms in total. The van der Waals surface area contributed by atoms with Crippen LogP contribution in [0.5, 0.6) is 11.5 Å². The highest BCUT2D eigenvalue weighted by molar-refractivity contribution is 5.82. The Labute approximate surface area is 235 Å². The summed E-state index contributed by atoms with van der Waals surface area (Å²) in [7, 11) is 0. The van der Waals surface area contributed by atoms with E-state index in [1.165, 1.54) is 88.2 Å². The quantitative estimate of drug-likeness (QED) is 0.214. The number of carbonyl (C=O) groups is 2. The van der Waals surface area contributed by atoms with Crippen molar-refractivity contribution >= 4 is 11.9 Å². The van der Waals surface area contributed by atoms with E-state index < -0.39 is 17.9 Å². The van der Waals surface area contributed by atoms with E-state index in [0.717, 1.165) is 11.8 Å².